The van der Waals surface area contributed by atoms with Crippen molar-refractivity contribution >= 4 is 11.6 Å². The van der Waals surface area contributed by atoms with Crippen LogP contribution in [0.5, 0.6) is 5.75 Å². The van der Waals surface area contributed by atoms with Crippen molar-refractivity contribution in [2.75, 3.05) is 0 Å². The standard InChI is InChI=1S/C11H11ClF2O/c1-11(2)4-6-3-8(13)9(14)7(5-12)10(6)15-11/h3H,4-5H2,1-2H3. The average molecular weight is 233 g/mol. The maximum Gasteiger partial charge on any atom is 0.166 e. The zero-order chi connectivity index (χ0) is 11.2. The molecule has 0 aliphatic carbocycles. The van der Waals surface area contributed by atoms with Gasteiger partial charge in [-0.15, -0.1) is 11.6 Å². The van der Waals surface area contributed by atoms with Crippen molar-refractivity contribution in [2.45, 2.75) is 31.7 Å². The van der Waals surface area contributed by atoms with Gasteiger partial charge in [-0.25, -0.2) is 8.78 Å². The van der Waals surface area contributed by atoms with Crippen LogP contribution in [0.1, 0.15) is 25.0 Å². The van der Waals surface area contributed by atoms with E-state index in [1.807, 2.05) is 13.8 Å². The molecule has 0 bridgehead atoms. The Morgan fingerprint density at radius 3 is 2.73 bits per heavy atom. The predicted molar refractivity (Wildman–Crippen MR) is 54.3 cm³/mol. The summed E-state index contributed by atoms with van der Waals surface area (Å²) in [7, 11) is 0. The van der Waals surface area contributed by atoms with E-state index in [0.717, 1.165) is 0 Å². The van der Waals surface area contributed by atoms with Crippen LogP contribution in [0.15, 0.2) is 6.07 Å². The number of ether oxygens (including phenoxy) is 1. The van der Waals surface area contributed by atoms with Gasteiger partial charge in [0, 0.05) is 17.5 Å². The van der Waals surface area contributed by atoms with Gasteiger partial charge in [0.2, 0.25) is 0 Å². The lowest BCUT2D eigenvalue weighted by Gasteiger charge is -2.17. The van der Waals surface area contributed by atoms with Crippen molar-refractivity contribution in [3.05, 3.63) is 28.8 Å². The second-order valence-corrected chi connectivity index (χ2v) is 4.58. The molecule has 0 saturated heterocycles. The Morgan fingerprint density at radius 1 is 1.47 bits per heavy atom. The Kier molecular flexibility index (Phi) is 2.38. The molecule has 0 spiro atoms. The predicted octanol–water partition coefficient (Wildman–Crippen LogP) is 3.42. The summed E-state index contributed by atoms with van der Waals surface area (Å²) in [5, 5.41) is 0. The number of hydrogen-bond donors (Lipinski definition) is 0. The quantitative estimate of drug-likeness (QED) is 0.675. The Hall–Kier alpha value is -0.830. The molecule has 1 aliphatic rings. The molecule has 0 fully saturated rings. The highest BCUT2D eigenvalue weighted by molar-refractivity contribution is 6.17. The fourth-order valence-corrected chi connectivity index (χ4v) is 2.11. The van der Waals surface area contributed by atoms with E-state index in [9.17, 15) is 8.78 Å². The number of hydrogen-bond acceptors (Lipinski definition) is 1. The van der Waals surface area contributed by atoms with Crippen LogP contribution in [-0.4, -0.2) is 5.60 Å². The monoisotopic (exact) mass is 232 g/mol. The molecule has 1 nitrogen and oxygen atoms in total. The highest BCUT2D eigenvalue weighted by atomic mass is 35.5. The summed E-state index contributed by atoms with van der Waals surface area (Å²) in [4.78, 5) is 0. The van der Waals surface area contributed by atoms with E-state index >= 15 is 0 Å². The molecule has 0 amide bonds. The van der Waals surface area contributed by atoms with Gasteiger partial charge in [0.25, 0.3) is 0 Å². The third kappa shape index (κ3) is 1.69. The molecular weight excluding hydrogens is 222 g/mol. The lowest BCUT2D eigenvalue weighted by atomic mass is 10.0. The van der Waals surface area contributed by atoms with Gasteiger partial charge in [-0.1, -0.05) is 0 Å². The van der Waals surface area contributed by atoms with Crippen LogP contribution in [0.2, 0.25) is 0 Å². The molecule has 0 atom stereocenters. The van der Waals surface area contributed by atoms with Crippen LogP contribution in [-0.2, 0) is 12.3 Å². The largest absolute Gasteiger partial charge is 0.487 e. The molecule has 0 aromatic heterocycles. The summed E-state index contributed by atoms with van der Waals surface area (Å²) in [6, 6.07) is 1.19. The van der Waals surface area contributed by atoms with Crippen molar-refractivity contribution in [1.82, 2.24) is 0 Å². The second-order valence-electron chi connectivity index (χ2n) is 4.31. The van der Waals surface area contributed by atoms with Crippen LogP contribution in [0.4, 0.5) is 8.78 Å². The van der Waals surface area contributed by atoms with E-state index in [0.29, 0.717) is 17.7 Å². The molecule has 2 rings (SSSR count). The van der Waals surface area contributed by atoms with E-state index < -0.39 is 17.2 Å². The molecule has 0 unspecified atom stereocenters. The topological polar surface area (TPSA) is 9.23 Å². The number of fused-ring (bicyclic) bond motifs is 1. The summed E-state index contributed by atoms with van der Waals surface area (Å²) in [5.74, 6) is -1.43. The summed E-state index contributed by atoms with van der Waals surface area (Å²) in [5.41, 5.74) is 0.399. The maximum absolute atomic E-state index is 13.4. The van der Waals surface area contributed by atoms with Crippen molar-refractivity contribution in [3.8, 4) is 5.75 Å². The molecule has 1 aromatic rings. The zero-order valence-electron chi connectivity index (χ0n) is 8.53. The van der Waals surface area contributed by atoms with Gasteiger partial charge in [-0.3, -0.25) is 0 Å². The number of benzene rings is 1. The van der Waals surface area contributed by atoms with Gasteiger partial charge in [0.05, 0.1) is 5.88 Å². The SMILES string of the molecule is CC1(C)Cc2cc(F)c(F)c(CCl)c2O1. The zero-order valence-corrected chi connectivity index (χ0v) is 9.29. The number of alkyl halides is 1. The number of rotatable bonds is 1. The fourth-order valence-electron chi connectivity index (χ4n) is 1.87. The summed E-state index contributed by atoms with van der Waals surface area (Å²) in [6.45, 7) is 3.75. The highest BCUT2D eigenvalue weighted by Gasteiger charge is 2.34. The minimum atomic E-state index is -0.901. The highest BCUT2D eigenvalue weighted by Crippen LogP contribution is 2.40. The molecular formula is C11H11ClF2O. The van der Waals surface area contributed by atoms with Gasteiger partial charge in [-0.05, 0) is 19.9 Å². The third-order valence-corrected chi connectivity index (χ3v) is 2.74. The fraction of sp³-hybridized carbons (Fsp3) is 0.455. The summed E-state index contributed by atoms with van der Waals surface area (Å²) in [6.07, 6.45) is 0.573. The second kappa shape index (κ2) is 3.34. The van der Waals surface area contributed by atoms with Crippen molar-refractivity contribution in [1.29, 1.82) is 0 Å². The van der Waals surface area contributed by atoms with E-state index in [-0.39, 0.29) is 11.4 Å². The minimum absolute atomic E-state index is 0.0813. The van der Waals surface area contributed by atoms with Crippen LogP contribution in [0, 0.1) is 11.6 Å². The molecule has 15 heavy (non-hydrogen) atoms. The van der Waals surface area contributed by atoms with Crippen molar-refractivity contribution in [2.24, 2.45) is 0 Å². The lowest BCUT2D eigenvalue weighted by Crippen LogP contribution is -2.24. The Labute approximate surface area is 92.0 Å². The number of halogens is 3. The maximum atomic E-state index is 13.4. The molecule has 1 heterocycles. The Balaban J connectivity index is 2.59. The third-order valence-electron chi connectivity index (χ3n) is 2.47. The average Bonchev–Trinajstić information content (AvgIpc) is 2.41. The van der Waals surface area contributed by atoms with Gasteiger partial charge in [-0.2, -0.15) is 0 Å². The van der Waals surface area contributed by atoms with Crippen molar-refractivity contribution < 1.29 is 13.5 Å². The van der Waals surface area contributed by atoms with Crippen LogP contribution < -0.4 is 4.74 Å². The molecule has 0 N–H and O–H groups in total. The van der Waals surface area contributed by atoms with Crippen molar-refractivity contribution in [3.63, 3.8) is 0 Å². The Morgan fingerprint density at radius 2 is 2.13 bits per heavy atom. The first-order valence-corrected chi connectivity index (χ1v) is 5.23. The van der Waals surface area contributed by atoms with E-state index in [1.54, 1.807) is 0 Å². The van der Waals surface area contributed by atoms with Gasteiger partial charge >= 0.3 is 0 Å². The van der Waals surface area contributed by atoms with Crippen LogP contribution in [0.3, 0.4) is 0 Å². The lowest BCUT2D eigenvalue weighted by molar-refractivity contribution is 0.137. The van der Waals surface area contributed by atoms with Gasteiger partial charge in [0.1, 0.15) is 11.4 Å². The minimum Gasteiger partial charge on any atom is -0.487 e. The van der Waals surface area contributed by atoms with Crippen LogP contribution >= 0.6 is 11.6 Å². The molecule has 0 saturated carbocycles. The van der Waals surface area contributed by atoms with E-state index in [2.05, 4.69) is 0 Å². The van der Waals surface area contributed by atoms with Crippen LogP contribution in [0.25, 0.3) is 0 Å². The molecule has 1 aliphatic heterocycles. The van der Waals surface area contributed by atoms with E-state index in [4.69, 9.17) is 16.3 Å². The van der Waals surface area contributed by atoms with Gasteiger partial charge < -0.3 is 4.74 Å². The molecule has 1 aromatic carbocycles. The molecule has 82 valence electrons. The van der Waals surface area contributed by atoms with E-state index in [1.165, 1.54) is 6.07 Å². The first-order chi connectivity index (χ1) is 6.94. The smallest absolute Gasteiger partial charge is 0.166 e. The normalized spacial score (nSPS) is 17.4. The molecule has 4 heteroatoms. The van der Waals surface area contributed by atoms with Gasteiger partial charge in [0.15, 0.2) is 11.6 Å². The summed E-state index contributed by atoms with van der Waals surface area (Å²) >= 11 is 5.59. The molecule has 0 radical (unpaired) electrons. The summed E-state index contributed by atoms with van der Waals surface area (Å²) < 4.78 is 32.1. The Bertz CT molecular complexity index is 416. The first-order valence-electron chi connectivity index (χ1n) is 4.69. The first kappa shape index (κ1) is 10.7.